The molecule has 0 aromatic rings. The summed E-state index contributed by atoms with van der Waals surface area (Å²) in [6, 6.07) is 0.183. The Kier molecular flexibility index (Phi) is 7.81. The van der Waals surface area contributed by atoms with Crippen LogP contribution < -0.4 is 0 Å². The monoisotopic (exact) mass is 512 g/mol. The highest BCUT2D eigenvalue weighted by molar-refractivity contribution is 7.89. The molecule has 0 bridgehead atoms. The van der Waals surface area contributed by atoms with Crippen molar-refractivity contribution in [3.8, 4) is 0 Å². The van der Waals surface area contributed by atoms with Gasteiger partial charge in [-0.15, -0.1) is 0 Å². The average molecular weight is 513 g/mol. The molecule has 0 spiro atoms. The largest absolute Gasteiger partial charge is 0.396 e. The van der Waals surface area contributed by atoms with Crippen LogP contribution in [0.4, 0.5) is 0 Å². The van der Waals surface area contributed by atoms with Crippen LogP contribution in [0.2, 0.25) is 0 Å². The van der Waals surface area contributed by atoms with Crippen LogP contribution in [0.15, 0.2) is 0 Å². The predicted octanol–water partition coefficient (Wildman–Crippen LogP) is 2.24. The molecule has 0 aromatic carbocycles. The third-order valence-corrected chi connectivity index (χ3v) is 12.2. The van der Waals surface area contributed by atoms with E-state index in [2.05, 4.69) is 7.05 Å². The molecule has 4 aliphatic heterocycles. The molecule has 5 atom stereocenters. The topological polar surface area (TPSA) is 87.2 Å². The molecule has 1 aliphatic carbocycles. The molecular formula is C26H46N3O5S+. The summed E-state index contributed by atoms with van der Waals surface area (Å²) in [6.07, 6.45) is 10.6. The fraction of sp³-hybridized carbons (Fsp3) is 0.962. The molecule has 5 aliphatic rings. The van der Waals surface area contributed by atoms with Crippen LogP contribution in [0.25, 0.3) is 0 Å². The lowest BCUT2D eigenvalue weighted by molar-refractivity contribution is -1.10. The van der Waals surface area contributed by atoms with Gasteiger partial charge in [-0.05, 0) is 49.9 Å². The smallest absolute Gasteiger partial charge is 0.234 e. The Hall–Kier alpha value is -0.740. The number of piperidine rings is 2. The maximum Gasteiger partial charge on any atom is 0.234 e. The number of hydrogen-bond acceptors (Lipinski definition) is 5. The van der Waals surface area contributed by atoms with Gasteiger partial charge in [0.1, 0.15) is 25.1 Å². The first-order chi connectivity index (χ1) is 16.8. The second-order valence-electron chi connectivity index (χ2n) is 12.3. The summed E-state index contributed by atoms with van der Waals surface area (Å²) in [5, 5.41) is 9.48. The summed E-state index contributed by atoms with van der Waals surface area (Å²) in [5.74, 6) is 2.07. The minimum Gasteiger partial charge on any atom is -0.396 e. The molecule has 35 heavy (non-hydrogen) atoms. The zero-order valence-electron chi connectivity index (χ0n) is 21.5. The van der Waals surface area contributed by atoms with Crippen molar-refractivity contribution in [3.63, 3.8) is 0 Å². The molecule has 4 heterocycles. The average Bonchev–Trinajstić information content (AvgIpc) is 3.48. The maximum absolute atomic E-state index is 13.4. The van der Waals surface area contributed by atoms with E-state index in [0.29, 0.717) is 54.4 Å². The zero-order valence-corrected chi connectivity index (χ0v) is 22.3. The third-order valence-electron chi connectivity index (χ3n) is 10.1. The van der Waals surface area contributed by atoms with Gasteiger partial charge in [0.2, 0.25) is 15.9 Å². The molecule has 5 fully saturated rings. The first-order valence-electron chi connectivity index (χ1n) is 14.2. The van der Waals surface area contributed by atoms with E-state index in [1.54, 1.807) is 4.31 Å². The van der Waals surface area contributed by atoms with Crippen molar-refractivity contribution in [3.05, 3.63) is 0 Å². The van der Waals surface area contributed by atoms with Crippen molar-refractivity contribution in [2.24, 2.45) is 29.6 Å². The number of amides is 1. The fourth-order valence-corrected chi connectivity index (χ4v) is 9.68. The van der Waals surface area contributed by atoms with E-state index < -0.39 is 10.0 Å². The van der Waals surface area contributed by atoms with Crippen molar-refractivity contribution in [2.75, 3.05) is 58.7 Å². The predicted molar refractivity (Wildman–Crippen MR) is 133 cm³/mol. The highest BCUT2D eigenvalue weighted by Gasteiger charge is 2.56. The van der Waals surface area contributed by atoms with Gasteiger partial charge in [0.05, 0.1) is 12.8 Å². The van der Waals surface area contributed by atoms with Crippen LogP contribution in [-0.4, -0.2) is 98.1 Å². The number of rotatable bonds is 6. The molecule has 1 amide bonds. The molecule has 5 unspecified atom stereocenters. The second kappa shape index (κ2) is 10.6. The Morgan fingerprint density at radius 2 is 1.71 bits per heavy atom. The van der Waals surface area contributed by atoms with E-state index in [1.807, 2.05) is 4.90 Å². The number of carbonyl (C=O) groups is 1. The Morgan fingerprint density at radius 3 is 2.40 bits per heavy atom. The lowest BCUT2D eigenvalue weighted by atomic mass is 9.74. The van der Waals surface area contributed by atoms with E-state index in [-0.39, 0.29) is 30.4 Å². The van der Waals surface area contributed by atoms with Gasteiger partial charge in [0.25, 0.3) is 0 Å². The summed E-state index contributed by atoms with van der Waals surface area (Å²) < 4.78 is 28.4. The van der Waals surface area contributed by atoms with E-state index in [1.165, 1.54) is 19.3 Å². The van der Waals surface area contributed by atoms with E-state index in [9.17, 15) is 18.3 Å². The first-order valence-corrected chi connectivity index (χ1v) is 15.8. The van der Waals surface area contributed by atoms with E-state index in [4.69, 9.17) is 4.84 Å². The summed E-state index contributed by atoms with van der Waals surface area (Å²) >= 11 is 0. The van der Waals surface area contributed by atoms with Gasteiger partial charge in [-0.3, -0.25) is 4.79 Å². The number of nitrogens with zero attached hydrogens (tertiary/aromatic N) is 3. The number of carbonyl (C=O) groups excluding carboxylic acids is 1. The number of likely N-dealkylation sites (tertiary alicyclic amines) is 1. The van der Waals surface area contributed by atoms with Crippen LogP contribution in [-0.2, 0) is 19.7 Å². The van der Waals surface area contributed by atoms with Crippen molar-refractivity contribution in [2.45, 2.75) is 70.3 Å². The summed E-state index contributed by atoms with van der Waals surface area (Å²) in [6.45, 7) is 4.29. The van der Waals surface area contributed by atoms with Crippen molar-refractivity contribution in [1.82, 2.24) is 9.21 Å². The number of hydrogen-bond donors (Lipinski definition) is 1. The van der Waals surface area contributed by atoms with Gasteiger partial charge < -0.3 is 10.0 Å². The number of aliphatic hydroxyl groups excluding tert-OH is 1. The van der Waals surface area contributed by atoms with Crippen molar-refractivity contribution < 1.29 is 27.8 Å². The van der Waals surface area contributed by atoms with Crippen LogP contribution in [0.1, 0.15) is 64.2 Å². The molecule has 5 rings (SSSR count). The molecule has 9 heteroatoms. The minimum absolute atomic E-state index is 0.101. The van der Waals surface area contributed by atoms with E-state index in [0.717, 1.165) is 58.0 Å². The van der Waals surface area contributed by atoms with Crippen molar-refractivity contribution in [1.29, 1.82) is 0 Å². The number of sulfonamides is 1. The number of hydroxylamine groups is 3. The van der Waals surface area contributed by atoms with Crippen LogP contribution in [0.3, 0.4) is 0 Å². The fourth-order valence-electron chi connectivity index (χ4n) is 7.77. The molecule has 1 N–H and O–H groups in total. The summed E-state index contributed by atoms with van der Waals surface area (Å²) in [5.41, 5.74) is 0. The van der Waals surface area contributed by atoms with Gasteiger partial charge in [-0.1, -0.05) is 19.3 Å². The van der Waals surface area contributed by atoms with Gasteiger partial charge in [-0.25, -0.2) is 17.6 Å². The Bertz CT molecular complexity index is 855. The second-order valence-corrected chi connectivity index (χ2v) is 14.3. The number of aliphatic hydroxyl groups is 1. The number of quaternary nitrogens is 1. The normalized spacial score (nSPS) is 38.1. The molecule has 4 saturated heterocycles. The van der Waals surface area contributed by atoms with Crippen LogP contribution in [0, 0.1) is 29.6 Å². The Balaban J connectivity index is 1.16. The van der Waals surface area contributed by atoms with Crippen LogP contribution >= 0.6 is 0 Å². The highest BCUT2D eigenvalue weighted by Crippen LogP contribution is 2.44. The molecule has 1 saturated carbocycles. The molecular weight excluding hydrogens is 466 g/mol. The lowest BCUT2D eigenvalue weighted by Crippen LogP contribution is -2.56. The summed E-state index contributed by atoms with van der Waals surface area (Å²) in [7, 11) is -1.02. The zero-order chi connectivity index (χ0) is 24.6. The molecule has 200 valence electrons. The molecule has 0 radical (unpaired) electrons. The van der Waals surface area contributed by atoms with Gasteiger partial charge in [-0.2, -0.15) is 4.65 Å². The van der Waals surface area contributed by atoms with Gasteiger partial charge in [0, 0.05) is 51.5 Å². The van der Waals surface area contributed by atoms with E-state index >= 15 is 0 Å². The van der Waals surface area contributed by atoms with Crippen LogP contribution in [0.5, 0.6) is 0 Å². The van der Waals surface area contributed by atoms with Crippen molar-refractivity contribution >= 4 is 15.9 Å². The molecule has 0 aromatic heterocycles. The Morgan fingerprint density at radius 1 is 0.971 bits per heavy atom. The number of fused-ring (bicyclic) bond motifs is 1. The summed E-state index contributed by atoms with van der Waals surface area (Å²) in [4.78, 5) is 21.5. The quantitative estimate of drug-likeness (QED) is 0.552. The highest BCUT2D eigenvalue weighted by atomic mass is 32.2. The minimum atomic E-state index is -3.16. The molecule has 8 nitrogen and oxygen atoms in total. The standard InChI is InChI=1S/C26H46N3O5S/c1-29-14-10-23(15-25(29)24(18-34-29)26(31)27-11-7-21(16-27)17-30)22-8-12-28(13-9-22)35(32,33)19-20-5-3-2-4-6-20/h20-25,30H,2-19H2,1H3/q+1. The van der Waals surface area contributed by atoms with Gasteiger partial charge >= 0.3 is 0 Å². The maximum atomic E-state index is 13.4. The first kappa shape index (κ1) is 25.9. The third kappa shape index (κ3) is 5.44. The van der Waals surface area contributed by atoms with Gasteiger partial charge in [0.15, 0.2) is 0 Å². The SMILES string of the molecule is C[N+]12CCC(C3CCN(S(=O)(=O)CC4CCCCC4)CC3)CC1C(C(=O)N1CCC(CO)C1)CO2. The Labute approximate surface area is 211 Å². The lowest BCUT2D eigenvalue weighted by Gasteiger charge is -2.44.